The van der Waals surface area contributed by atoms with E-state index in [-0.39, 0.29) is 31.1 Å². The van der Waals surface area contributed by atoms with E-state index >= 15 is 0 Å². The Hall–Kier alpha value is -2.11. The molecular formula is C57H106O6. The van der Waals surface area contributed by atoms with E-state index in [1.807, 2.05) is 0 Å². The number of esters is 3. The van der Waals surface area contributed by atoms with Crippen molar-refractivity contribution in [2.24, 2.45) is 0 Å². The van der Waals surface area contributed by atoms with Crippen molar-refractivity contribution >= 4 is 17.9 Å². The highest BCUT2D eigenvalue weighted by Gasteiger charge is 2.19. The molecule has 63 heavy (non-hydrogen) atoms. The SMILES string of the molecule is CCCCCC/C=C\CCCCCCCCCC(=O)OC(COC(=O)CCCCC/C=C\CCCCCCCCC)COC(=O)CCCCCCCCCCCCCCCCCC. The molecular weight excluding hydrogens is 781 g/mol. The summed E-state index contributed by atoms with van der Waals surface area (Å²) in [5.74, 6) is -0.877. The fourth-order valence-corrected chi connectivity index (χ4v) is 8.20. The van der Waals surface area contributed by atoms with Gasteiger partial charge in [0.1, 0.15) is 13.2 Å². The molecule has 0 saturated carbocycles. The molecule has 0 fully saturated rings. The van der Waals surface area contributed by atoms with Crippen molar-refractivity contribution in [1.82, 2.24) is 0 Å². The standard InChI is InChI=1S/C57H106O6/c1-4-7-10-13-16-19-22-25-28-30-32-35-38-41-44-47-50-56(59)62-53-54(52-61-55(58)49-46-43-40-37-34-31-27-24-21-18-15-12-9-6-3)63-57(60)51-48-45-42-39-36-33-29-26-23-20-17-14-11-8-5-2/h20,23,31,34,54H,4-19,21-22,24-30,32-33,35-53H2,1-3H3/b23-20-,34-31-. The summed E-state index contributed by atoms with van der Waals surface area (Å²) < 4.78 is 16.8. The van der Waals surface area contributed by atoms with Crippen molar-refractivity contribution in [3.8, 4) is 0 Å². The zero-order chi connectivity index (χ0) is 45.8. The van der Waals surface area contributed by atoms with E-state index < -0.39 is 6.10 Å². The molecule has 0 rings (SSSR count). The molecule has 1 atom stereocenters. The Kier molecular flexibility index (Phi) is 50.8. The number of hydrogen-bond donors (Lipinski definition) is 0. The minimum atomic E-state index is -0.775. The molecule has 370 valence electrons. The summed E-state index contributed by atoms with van der Waals surface area (Å²) in [5, 5.41) is 0. The molecule has 0 bridgehead atoms. The highest BCUT2D eigenvalue weighted by molar-refractivity contribution is 5.71. The summed E-state index contributed by atoms with van der Waals surface area (Å²) in [4.78, 5) is 38.1. The van der Waals surface area contributed by atoms with Crippen molar-refractivity contribution in [2.45, 2.75) is 309 Å². The Morgan fingerprint density at radius 3 is 0.825 bits per heavy atom. The van der Waals surface area contributed by atoms with Gasteiger partial charge in [-0.25, -0.2) is 0 Å². The molecule has 0 amide bonds. The lowest BCUT2D eigenvalue weighted by molar-refractivity contribution is -0.167. The second-order valence-corrected chi connectivity index (χ2v) is 18.8. The Labute approximate surface area is 392 Å². The molecule has 0 aliphatic carbocycles. The maximum absolute atomic E-state index is 12.8. The Morgan fingerprint density at radius 2 is 0.524 bits per heavy atom. The van der Waals surface area contributed by atoms with Crippen LogP contribution in [0.25, 0.3) is 0 Å². The van der Waals surface area contributed by atoms with Crippen LogP contribution in [0.3, 0.4) is 0 Å². The van der Waals surface area contributed by atoms with E-state index in [1.165, 1.54) is 199 Å². The van der Waals surface area contributed by atoms with Crippen LogP contribution in [-0.4, -0.2) is 37.2 Å². The number of carbonyl (C=O) groups excluding carboxylic acids is 3. The van der Waals surface area contributed by atoms with E-state index in [1.54, 1.807) is 0 Å². The smallest absolute Gasteiger partial charge is 0.306 e. The van der Waals surface area contributed by atoms with Crippen LogP contribution in [-0.2, 0) is 28.6 Å². The van der Waals surface area contributed by atoms with Crippen LogP contribution < -0.4 is 0 Å². The zero-order valence-electron chi connectivity index (χ0n) is 42.4. The highest BCUT2D eigenvalue weighted by Crippen LogP contribution is 2.16. The van der Waals surface area contributed by atoms with Gasteiger partial charge in [-0.15, -0.1) is 0 Å². The molecule has 0 aromatic heterocycles. The van der Waals surface area contributed by atoms with Gasteiger partial charge in [-0.3, -0.25) is 14.4 Å². The first kappa shape index (κ1) is 60.9. The fourth-order valence-electron chi connectivity index (χ4n) is 8.20. The Balaban J connectivity index is 4.35. The van der Waals surface area contributed by atoms with Gasteiger partial charge >= 0.3 is 17.9 Å². The molecule has 0 N–H and O–H groups in total. The van der Waals surface area contributed by atoms with Crippen molar-refractivity contribution < 1.29 is 28.6 Å². The largest absolute Gasteiger partial charge is 0.462 e. The summed E-state index contributed by atoms with van der Waals surface area (Å²) in [7, 11) is 0. The van der Waals surface area contributed by atoms with Crippen LogP contribution in [0, 0.1) is 0 Å². The van der Waals surface area contributed by atoms with Crippen molar-refractivity contribution in [3.05, 3.63) is 24.3 Å². The number of unbranched alkanes of at least 4 members (excludes halogenated alkanes) is 36. The van der Waals surface area contributed by atoms with Gasteiger partial charge in [0.25, 0.3) is 0 Å². The van der Waals surface area contributed by atoms with Crippen molar-refractivity contribution in [2.75, 3.05) is 13.2 Å². The maximum atomic E-state index is 12.8. The third kappa shape index (κ3) is 50.7. The number of hydrogen-bond acceptors (Lipinski definition) is 6. The highest BCUT2D eigenvalue weighted by atomic mass is 16.6. The summed E-state index contributed by atoms with van der Waals surface area (Å²) in [5.41, 5.74) is 0. The topological polar surface area (TPSA) is 78.9 Å². The molecule has 0 aliphatic heterocycles. The lowest BCUT2D eigenvalue weighted by Gasteiger charge is -2.18. The average molecular weight is 887 g/mol. The number of carbonyl (C=O) groups is 3. The van der Waals surface area contributed by atoms with Crippen molar-refractivity contribution in [1.29, 1.82) is 0 Å². The summed E-state index contributed by atoms with van der Waals surface area (Å²) >= 11 is 0. The second-order valence-electron chi connectivity index (χ2n) is 18.8. The van der Waals surface area contributed by atoms with Gasteiger partial charge in [0.2, 0.25) is 0 Å². The van der Waals surface area contributed by atoms with Crippen LogP contribution in [0.5, 0.6) is 0 Å². The normalized spacial score (nSPS) is 12.1. The lowest BCUT2D eigenvalue weighted by Crippen LogP contribution is -2.30. The summed E-state index contributed by atoms with van der Waals surface area (Å²) in [6.07, 6.45) is 60.2. The third-order valence-corrected chi connectivity index (χ3v) is 12.4. The first-order valence-electron chi connectivity index (χ1n) is 27.8. The van der Waals surface area contributed by atoms with Crippen molar-refractivity contribution in [3.63, 3.8) is 0 Å². The van der Waals surface area contributed by atoms with Gasteiger partial charge in [0.05, 0.1) is 0 Å². The maximum Gasteiger partial charge on any atom is 0.306 e. The second kappa shape index (κ2) is 52.5. The molecule has 0 aliphatic rings. The van der Waals surface area contributed by atoms with Crippen LogP contribution in [0.1, 0.15) is 303 Å². The minimum absolute atomic E-state index is 0.0735. The monoisotopic (exact) mass is 887 g/mol. The van der Waals surface area contributed by atoms with Gasteiger partial charge < -0.3 is 14.2 Å². The van der Waals surface area contributed by atoms with E-state index in [4.69, 9.17) is 14.2 Å². The predicted molar refractivity (Wildman–Crippen MR) is 270 cm³/mol. The zero-order valence-corrected chi connectivity index (χ0v) is 42.4. The van der Waals surface area contributed by atoms with Crippen LogP contribution in [0.4, 0.5) is 0 Å². The van der Waals surface area contributed by atoms with Gasteiger partial charge in [-0.05, 0) is 70.6 Å². The van der Waals surface area contributed by atoms with E-state index in [9.17, 15) is 14.4 Å². The molecule has 6 nitrogen and oxygen atoms in total. The van der Waals surface area contributed by atoms with Gasteiger partial charge in [0.15, 0.2) is 6.10 Å². The quantitative estimate of drug-likeness (QED) is 0.0262. The third-order valence-electron chi connectivity index (χ3n) is 12.4. The lowest BCUT2D eigenvalue weighted by atomic mass is 10.0. The summed E-state index contributed by atoms with van der Waals surface area (Å²) in [6.45, 7) is 6.65. The number of rotatable bonds is 51. The molecule has 0 spiro atoms. The van der Waals surface area contributed by atoms with Gasteiger partial charge in [-0.1, -0.05) is 238 Å². The predicted octanol–water partition coefficient (Wildman–Crippen LogP) is 18.3. The Morgan fingerprint density at radius 1 is 0.302 bits per heavy atom. The van der Waals surface area contributed by atoms with Gasteiger partial charge in [-0.2, -0.15) is 0 Å². The Bertz CT molecular complexity index is 1020. The fraction of sp³-hybridized carbons (Fsp3) is 0.877. The summed E-state index contributed by atoms with van der Waals surface area (Å²) in [6, 6.07) is 0. The molecule has 6 heteroatoms. The molecule has 0 aromatic rings. The molecule has 1 unspecified atom stereocenters. The average Bonchev–Trinajstić information content (AvgIpc) is 3.28. The molecule has 0 radical (unpaired) electrons. The first-order valence-corrected chi connectivity index (χ1v) is 27.8. The van der Waals surface area contributed by atoms with Gasteiger partial charge in [0, 0.05) is 19.3 Å². The molecule has 0 aromatic carbocycles. The van der Waals surface area contributed by atoms with E-state index in [0.717, 1.165) is 64.2 Å². The van der Waals surface area contributed by atoms with E-state index in [2.05, 4.69) is 45.1 Å². The van der Waals surface area contributed by atoms with E-state index in [0.29, 0.717) is 19.3 Å². The number of allylic oxidation sites excluding steroid dienone is 4. The molecule has 0 saturated heterocycles. The van der Waals surface area contributed by atoms with Crippen LogP contribution >= 0.6 is 0 Å². The minimum Gasteiger partial charge on any atom is -0.462 e. The number of ether oxygens (including phenoxy) is 3. The first-order chi connectivity index (χ1) is 31.0. The molecule has 0 heterocycles. The van der Waals surface area contributed by atoms with Crippen LogP contribution in [0.15, 0.2) is 24.3 Å². The van der Waals surface area contributed by atoms with Crippen LogP contribution in [0.2, 0.25) is 0 Å².